The number of rotatable bonds is 5. The molecule has 0 radical (unpaired) electrons. The van der Waals surface area contributed by atoms with Gasteiger partial charge in [-0.05, 0) is 29.8 Å². The van der Waals surface area contributed by atoms with E-state index in [-0.39, 0.29) is 17.8 Å². The van der Waals surface area contributed by atoms with Crippen LogP contribution in [0.25, 0.3) is 0 Å². The first-order valence-corrected chi connectivity index (χ1v) is 9.65. The number of amidine groups is 1. The fraction of sp³-hybridized carbons (Fsp3) is 0.286. The predicted octanol–water partition coefficient (Wildman–Crippen LogP) is 3.22. The van der Waals surface area contributed by atoms with Crippen molar-refractivity contribution in [3.05, 3.63) is 60.1 Å². The van der Waals surface area contributed by atoms with Crippen molar-refractivity contribution in [2.75, 3.05) is 19.5 Å². The lowest BCUT2D eigenvalue weighted by Crippen LogP contribution is -2.54. The van der Waals surface area contributed by atoms with Gasteiger partial charge in [-0.3, -0.25) is 19.8 Å². The molecule has 0 saturated carbocycles. The lowest BCUT2D eigenvalue weighted by molar-refractivity contribution is -0.182. The molecule has 0 bridgehead atoms. The van der Waals surface area contributed by atoms with Crippen LogP contribution in [0.4, 0.5) is 18.9 Å². The Morgan fingerprint density at radius 3 is 2.66 bits per heavy atom. The van der Waals surface area contributed by atoms with Gasteiger partial charge in [-0.2, -0.15) is 13.2 Å². The first kappa shape index (κ1) is 21.5. The second-order valence-corrected chi connectivity index (χ2v) is 7.13. The Morgan fingerprint density at radius 2 is 2.00 bits per heavy atom. The Bertz CT molecular complexity index is 1070. The lowest BCUT2D eigenvalue weighted by Gasteiger charge is -2.37. The molecule has 2 atom stereocenters. The summed E-state index contributed by atoms with van der Waals surface area (Å²) in [5.41, 5.74) is 3.47. The van der Waals surface area contributed by atoms with Crippen LogP contribution < -0.4 is 20.2 Å². The molecule has 1 amide bonds. The highest BCUT2D eigenvalue weighted by Crippen LogP contribution is 2.41. The fourth-order valence-corrected chi connectivity index (χ4v) is 3.63. The average Bonchev–Trinajstić information content (AvgIpc) is 3.22. The molecule has 1 aromatic carbocycles. The molecule has 0 spiro atoms. The average molecular weight is 447 g/mol. The van der Waals surface area contributed by atoms with Crippen LogP contribution >= 0.6 is 0 Å². The second kappa shape index (κ2) is 8.40. The van der Waals surface area contributed by atoms with Gasteiger partial charge in [-0.25, -0.2) is 0 Å². The Labute approximate surface area is 181 Å². The van der Waals surface area contributed by atoms with Gasteiger partial charge in [0.2, 0.25) is 0 Å². The molecule has 8 nitrogen and oxygen atoms in total. The van der Waals surface area contributed by atoms with Gasteiger partial charge in [-0.15, -0.1) is 0 Å². The molecule has 168 valence electrons. The van der Waals surface area contributed by atoms with Crippen LogP contribution in [-0.2, 0) is 4.79 Å². The number of anilines is 1. The van der Waals surface area contributed by atoms with E-state index < -0.39 is 24.2 Å². The summed E-state index contributed by atoms with van der Waals surface area (Å²) in [4.78, 5) is 21.2. The molecule has 11 heteroatoms. The number of ether oxygens (including phenoxy) is 2. The molecule has 0 saturated heterocycles. The number of methoxy groups -OCH3 is 2. The number of alkyl halides is 3. The zero-order chi connectivity index (χ0) is 22.9. The smallest absolute Gasteiger partial charge is 0.410 e. The van der Waals surface area contributed by atoms with Gasteiger partial charge in [0.05, 0.1) is 32.1 Å². The minimum atomic E-state index is -4.55. The Morgan fingerprint density at radius 1 is 1.22 bits per heavy atom. The maximum absolute atomic E-state index is 13.9. The SMILES string of the molecule is COc1ccc(C2CC(C(F)(F)F)N3NC=C(C(=O)Nc4cccnc4)C3=N2)cc1OC. The molecule has 32 heavy (non-hydrogen) atoms. The molecule has 2 N–H and O–H groups in total. The maximum atomic E-state index is 13.9. The van der Waals surface area contributed by atoms with E-state index in [2.05, 4.69) is 20.7 Å². The van der Waals surface area contributed by atoms with Crippen LogP contribution in [0.5, 0.6) is 11.5 Å². The lowest BCUT2D eigenvalue weighted by atomic mass is 9.96. The van der Waals surface area contributed by atoms with Crippen molar-refractivity contribution in [3.8, 4) is 11.5 Å². The number of amides is 1. The number of nitrogens with zero attached hydrogens (tertiary/aromatic N) is 3. The summed E-state index contributed by atoms with van der Waals surface area (Å²) in [5.74, 6) is 0.152. The number of hydrogen-bond acceptors (Lipinski definition) is 7. The maximum Gasteiger partial charge on any atom is 0.410 e. The number of halogens is 3. The first-order chi connectivity index (χ1) is 15.3. The Hall–Kier alpha value is -3.76. The van der Waals surface area contributed by atoms with Gasteiger partial charge < -0.3 is 20.2 Å². The topological polar surface area (TPSA) is 88.1 Å². The number of aliphatic imine (C=N–C) groups is 1. The number of aromatic nitrogens is 1. The molecule has 2 unspecified atom stereocenters. The molecular weight excluding hydrogens is 427 g/mol. The third kappa shape index (κ3) is 4.05. The van der Waals surface area contributed by atoms with E-state index in [4.69, 9.17) is 9.47 Å². The van der Waals surface area contributed by atoms with Crippen molar-refractivity contribution in [1.29, 1.82) is 0 Å². The van der Waals surface area contributed by atoms with E-state index >= 15 is 0 Å². The molecule has 0 fully saturated rings. The minimum Gasteiger partial charge on any atom is -0.493 e. The number of benzene rings is 1. The highest BCUT2D eigenvalue weighted by molar-refractivity contribution is 6.25. The normalized spacial score (nSPS) is 20.0. The summed E-state index contributed by atoms with van der Waals surface area (Å²) >= 11 is 0. The van der Waals surface area contributed by atoms with Gasteiger partial charge in [-0.1, -0.05) is 6.07 Å². The van der Waals surface area contributed by atoms with Crippen molar-refractivity contribution in [3.63, 3.8) is 0 Å². The zero-order valence-corrected chi connectivity index (χ0v) is 17.2. The number of pyridine rings is 1. The first-order valence-electron chi connectivity index (χ1n) is 9.65. The van der Waals surface area contributed by atoms with E-state index in [1.165, 1.54) is 26.6 Å². The largest absolute Gasteiger partial charge is 0.493 e. The number of carbonyl (C=O) groups is 1. The van der Waals surface area contributed by atoms with E-state index in [0.717, 1.165) is 5.01 Å². The van der Waals surface area contributed by atoms with Crippen LogP contribution in [0.15, 0.2) is 59.5 Å². The van der Waals surface area contributed by atoms with Gasteiger partial charge in [0, 0.05) is 18.8 Å². The van der Waals surface area contributed by atoms with Crippen molar-refractivity contribution in [2.45, 2.75) is 24.7 Å². The van der Waals surface area contributed by atoms with Gasteiger partial charge >= 0.3 is 6.18 Å². The van der Waals surface area contributed by atoms with Crippen LogP contribution in [0, 0.1) is 0 Å². The van der Waals surface area contributed by atoms with Crippen molar-refractivity contribution in [1.82, 2.24) is 15.4 Å². The molecule has 0 aliphatic carbocycles. The Balaban J connectivity index is 1.69. The van der Waals surface area contributed by atoms with Crippen molar-refractivity contribution in [2.24, 2.45) is 4.99 Å². The second-order valence-electron chi connectivity index (χ2n) is 7.13. The van der Waals surface area contributed by atoms with Gasteiger partial charge in [0.25, 0.3) is 5.91 Å². The van der Waals surface area contributed by atoms with Crippen LogP contribution in [0.3, 0.4) is 0 Å². The molecule has 2 aliphatic heterocycles. The third-order valence-corrected chi connectivity index (χ3v) is 5.19. The number of nitrogens with one attached hydrogen (secondary N) is 2. The zero-order valence-electron chi connectivity index (χ0n) is 17.2. The highest BCUT2D eigenvalue weighted by atomic mass is 19.4. The molecule has 3 heterocycles. The van der Waals surface area contributed by atoms with Crippen molar-refractivity contribution < 1.29 is 27.4 Å². The van der Waals surface area contributed by atoms with Crippen LogP contribution in [0.2, 0.25) is 0 Å². The number of fused-ring (bicyclic) bond motifs is 1. The predicted molar refractivity (Wildman–Crippen MR) is 110 cm³/mol. The van der Waals surface area contributed by atoms with E-state index in [9.17, 15) is 18.0 Å². The summed E-state index contributed by atoms with van der Waals surface area (Å²) in [6.45, 7) is 0. The summed E-state index contributed by atoms with van der Waals surface area (Å²) in [5, 5.41) is 3.51. The van der Waals surface area contributed by atoms with Crippen LogP contribution in [0.1, 0.15) is 18.0 Å². The Kier molecular flexibility index (Phi) is 5.64. The third-order valence-electron chi connectivity index (χ3n) is 5.19. The molecule has 1 aromatic heterocycles. The van der Waals surface area contributed by atoms with E-state index in [0.29, 0.717) is 22.7 Å². The van der Waals surface area contributed by atoms with Crippen molar-refractivity contribution >= 4 is 17.4 Å². The van der Waals surface area contributed by atoms with Crippen LogP contribution in [-0.4, -0.2) is 48.2 Å². The summed E-state index contributed by atoms with van der Waals surface area (Å²) < 4.78 is 52.2. The van der Waals surface area contributed by atoms with E-state index in [1.54, 1.807) is 36.5 Å². The number of carbonyl (C=O) groups excluding carboxylic acids is 1. The summed E-state index contributed by atoms with van der Waals surface area (Å²) in [6.07, 6.45) is -0.680. The minimum absolute atomic E-state index is 0.00622. The molecule has 4 rings (SSSR count). The number of hydrogen-bond donors (Lipinski definition) is 2. The molecule has 2 aliphatic rings. The van der Waals surface area contributed by atoms with E-state index in [1.807, 2.05) is 0 Å². The molecular formula is C21H20F3N5O3. The van der Waals surface area contributed by atoms with Gasteiger partial charge in [0.1, 0.15) is 11.6 Å². The summed E-state index contributed by atoms with van der Waals surface area (Å²) in [7, 11) is 2.91. The molecule has 2 aromatic rings. The van der Waals surface area contributed by atoms with Gasteiger partial charge in [0.15, 0.2) is 17.3 Å². The quantitative estimate of drug-likeness (QED) is 0.732. The highest BCUT2D eigenvalue weighted by Gasteiger charge is 2.51. The number of hydrazine groups is 1. The fourth-order valence-electron chi connectivity index (χ4n) is 3.63. The monoisotopic (exact) mass is 447 g/mol. The standard InChI is InChI=1S/C21H20F3N5O3/c1-31-16-6-5-12(8-17(16)32-2)15-9-18(21(22,23)24)29-19(28-15)14(11-26-29)20(30)27-13-4-3-7-25-10-13/h3-8,10-11,15,18,26H,9H2,1-2H3,(H,27,30). The summed E-state index contributed by atoms with van der Waals surface area (Å²) in [6, 6.07) is 5.38.